The summed E-state index contributed by atoms with van der Waals surface area (Å²) in [5, 5.41) is 12.9. The van der Waals surface area contributed by atoms with Gasteiger partial charge in [0.1, 0.15) is 5.75 Å². The molecule has 1 aromatic carbocycles. The summed E-state index contributed by atoms with van der Waals surface area (Å²) in [5.74, 6) is -0.243. The van der Waals surface area contributed by atoms with Crippen LogP contribution in [0.5, 0.6) is 5.75 Å². The van der Waals surface area contributed by atoms with Gasteiger partial charge in [0.05, 0.1) is 12.3 Å². The number of aryl methyl sites for hydroxylation is 1. The Labute approximate surface area is 153 Å². The van der Waals surface area contributed by atoms with E-state index in [1.54, 1.807) is 0 Å². The quantitative estimate of drug-likeness (QED) is 0.376. The molecular formula is C18H24N2O4S. The van der Waals surface area contributed by atoms with Gasteiger partial charge in [-0.3, -0.25) is 9.59 Å². The van der Waals surface area contributed by atoms with Crippen LogP contribution in [0, 0.1) is 0 Å². The first kappa shape index (κ1) is 19.3. The highest BCUT2D eigenvalue weighted by atomic mass is 32.1. The maximum absolute atomic E-state index is 11.8. The number of hydrogen-bond donors (Lipinski definition) is 3. The number of hydrazone groups is 1. The second kappa shape index (κ2) is 8.38. The molecule has 2 N–H and O–H groups in total. The van der Waals surface area contributed by atoms with Crippen LogP contribution in [0.15, 0.2) is 23.3 Å². The maximum atomic E-state index is 11.8. The molecule has 1 aromatic rings. The van der Waals surface area contributed by atoms with Crippen molar-refractivity contribution in [1.82, 2.24) is 5.43 Å². The fourth-order valence-corrected chi connectivity index (χ4v) is 2.77. The predicted molar refractivity (Wildman–Crippen MR) is 99.5 cm³/mol. The van der Waals surface area contributed by atoms with Crippen LogP contribution in [0.1, 0.15) is 50.7 Å². The third-order valence-corrected chi connectivity index (χ3v) is 3.89. The Hall–Kier alpha value is -2.02. The molecule has 0 fully saturated rings. The Kier molecular flexibility index (Phi) is 6.47. The summed E-state index contributed by atoms with van der Waals surface area (Å²) < 4.78 is 5.22. The van der Waals surface area contributed by atoms with Crippen molar-refractivity contribution in [2.24, 2.45) is 5.10 Å². The van der Waals surface area contributed by atoms with Crippen LogP contribution in [-0.2, 0) is 16.0 Å². The normalized spacial score (nSPS) is 15.1. The van der Waals surface area contributed by atoms with Crippen molar-refractivity contribution in [2.75, 3.05) is 6.61 Å². The molecule has 1 amide bonds. The predicted octanol–water partition coefficient (Wildman–Crippen LogP) is 2.80. The van der Waals surface area contributed by atoms with Crippen LogP contribution in [-0.4, -0.2) is 34.0 Å². The van der Waals surface area contributed by atoms with Gasteiger partial charge in [0.2, 0.25) is 5.91 Å². The lowest BCUT2D eigenvalue weighted by molar-refractivity contribution is -0.137. The summed E-state index contributed by atoms with van der Waals surface area (Å²) in [4.78, 5) is 22.3. The molecule has 1 aliphatic carbocycles. The van der Waals surface area contributed by atoms with E-state index < -0.39 is 5.97 Å². The fraction of sp³-hybridized carbons (Fsp3) is 0.500. The lowest BCUT2D eigenvalue weighted by Crippen LogP contribution is -2.26. The first-order chi connectivity index (χ1) is 11.7. The number of amides is 1. The number of thiol groups is 1. The van der Waals surface area contributed by atoms with Crippen LogP contribution >= 0.6 is 12.6 Å². The Balaban J connectivity index is 1.93. The molecule has 0 saturated heterocycles. The molecule has 0 spiro atoms. The minimum atomic E-state index is -0.818. The van der Waals surface area contributed by atoms with Crippen molar-refractivity contribution in [2.45, 2.75) is 50.7 Å². The fourth-order valence-electron chi connectivity index (χ4n) is 2.63. The standard InChI is InChI=1S/C18H24N2O4S/c1-18(2,25)11-16(21)20-19-15-8-5-12-10-13(6-7-14(12)15)24-9-3-4-17(22)23/h6-7,10,25H,3-5,8-9,11H2,1-2H3,(H,20,21)(H,22,23). The number of ether oxygens (including phenoxy) is 1. The summed E-state index contributed by atoms with van der Waals surface area (Å²) in [6.45, 7) is 4.14. The second-order valence-electron chi connectivity index (χ2n) is 6.75. The van der Waals surface area contributed by atoms with Crippen molar-refractivity contribution >= 4 is 30.2 Å². The second-order valence-corrected chi connectivity index (χ2v) is 7.96. The number of hydrogen-bond acceptors (Lipinski definition) is 5. The zero-order valence-corrected chi connectivity index (χ0v) is 15.4. The molecule has 25 heavy (non-hydrogen) atoms. The molecule has 0 heterocycles. The first-order valence-corrected chi connectivity index (χ1v) is 8.75. The molecular weight excluding hydrogens is 340 g/mol. The molecule has 2 rings (SSSR count). The van der Waals surface area contributed by atoms with E-state index in [9.17, 15) is 9.59 Å². The highest BCUT2D eigenvalue weighted by Gasteiger charge is 2.20. The third-order valence-electron chi connectivity index (χ3n) is 3.73. The number of fused-ring (bicyclic) bond motifs is 1. The van der Waals surface area contributed by atoms with Crippen LogP contribution in [0.3, 0.4) is 0 Å². The Morgan fingerprint density at radius 1 is 1.36 bits per heavy atom. The lowest BCUT2D eigenvalue weighted by Gasteiger charge is -2.15. The van der Waals surface area contributed by atoms with Gasteiger partial charge < -0.3 is 9.84 Å². The van der Waals surface area contributed by atoms with E-state index in [0.29, 0.717) is 19.4 Å². The molecule has 0 saturated carbocycles. The Bertz CT molecular complexity index is 680. The highest BCUT2D eigenvalue weighted by molar-refractivity contribution is 7.81. The molecule has 0 unspecified atom stereocenters. The van der Waals surface area contributed by atoms with Gasteiger partial charge in [0.25, 0.3) is 0 Å². The molecule has 0 aromatic heterocycles. The molecule has 136 valence electrons. The van der Waals surface area contributed by atoms with Crippen LogP contribution in [0.2, 0.25) is 0 Å². The number of carbonyl (C=O) groups is 2. The number of rotatable bonds is 8. The molecule has 0 aliphatic heterocycles. The molecule has 7 heteroatoms. The van der Waals surface area contributed by atoms with Crippen molar-refractivity contribution in [3.8, 4) is 5.75 Å². The van der Waals surface area contributed by atoms with E-state index in [-0.39, 0.29) is 17.1 Å². The van der Waals surface area contributed by atoms with E-state index >= 15 is 0 Å². The van der Waals surface area contributed by atoms with Crippen molar-refractivity contribution in [3.63, 3.8) is 0 Å². The van der Waals surface area contributed by atoms with E-state index in [4.69, 9.17) is 9.84 Å². The van der Waals surface area contributed by atoms with Crippen molar-refractivity contribution in [3.05, 3.63) is 29.3 Å². The number of benzene rings is 1. The lowest BCUT2D eigenvalue weighted by atomic mass is 10.1. The van der Waals surface area contributed by atoms with E-state index in [0.717, 1.165) is 35.4 Å². The monoisotopic (exact) mass is 364 g/mol. The van der Waals surface area contributed by atoms with E-state index in [1.165, 1.54) is 0 Å². The van der Waals surface area contributed by atoms with Gasteiger partial charge in [-0.1, -0.05) is 13.8 Å². The summed E-state index contributed by atoms with van der Waals surface area (Å²) in [7, 11) is 0. The average molecular weight is 364 g/mol. The zero-order chi connectivity index (χ0) is 18.4. The summed E-state index contributed by atoms with van der Waals surface area (Å²) in [6, 6.07) is 5.73. The SMILES string of the molecule is CC(C)(S)CC(=O)NN=C1CCc2cc(OCCCC(=O)O)ccc21. The van der Waals surface area contributed by atoms with Gasteiger partial charge in [-0.05, 0) is 43.0 Å². The van der Waals surface area contributed by atoms with Gasteiger partial charge >= 0.3 is 5.97 Å². The number of carboxylic acids is 1. The highest BCUT2D eigenvalue weighted by Crippen LogP contribution is 2.27. The van der Waals surface area contributed by atoms with E-state index in [1.807, 2.05) is 32.0 Å². The van der Waals surface area contributed by atoms with Gasteiger partial charge in [0, 0.05) is 23.2 Å². The largest absolute Gasteiger partial charge is 0.494 e. The minimum absolute atomic E-state index is 0.102. The van der Waals surface area contributed by atoms with Gasteiger partial charge in [-0.2, -0.15) is 17.7 Å². The first-order valence-electron chi connectivity index (χ1n) is 8.30. The Morgan fingerprint density at radius 3 is 2.80 bits per heavy atom. The van der Waals surface area contributed by atoms with Crippen molar-refractivity contribution in [1.29, 1.82) is 0 Å². The molecule has 1 aliphatic rings. The molecule has 0 bridgehead atoms. The van der Waals surface area contributed by atoms with Gasteiger partial charge in [-0.25, -0.2) is 5.43 Å². The number of carboxylic acid groups (broad SMARTS) is 1. The topological polar surface area (TPSA) is 88.0 Å². The van der Waals surface area contributed by atoms with Gasteiger partial charge in [0.15, 0.2) is 0 Å². The van der Waals surface area contributed by atoms with E-state index in [2.05, 4.69) is 23.2 Å². The summed E-state index contributed by atoms with van der Waals surface area (Å²) in [6.07, 6.45) is 2.48. The summed E-state index contributed by atoms with van der Waals surface area (Å²) in [5.41, 5.74) is 5.60. The number of nitrogens with zero attached hydrogens (tertiary/aromatic N) is 1. The zero-order valence-electron chi connectivity index (χ0n) is 14.5. The van der Waals surface area contributed by atoms with Crippen LogP contribution in [0.25, 0.3) is 0 Å². The number of carbonyl (C=O) groups excluding carboxylic acids is 1. The number of nitrogens with one attached hydrogen (secondary N) is 1. The van der Waals surface area contributed by atoms with Gasteiger partial charge in [-0.15, -0.1) is 0 Å². The number of aliphatic carboxylic acids is 1. The summed E-state index contributed by atoms with van der Waals surface area (Å²) >= 11 is 4.34. The Morgan fingerprint density at radius 2 is 2.12 bits per heavy atom. The maximum Gasteiger partial charge on any atom is 0.303 e. The average Bonchev–Trinajstić information content (AvgIpc) is 2.90. The molecule has 0 radical (unpaired) electrons. The van der Waals surface area contributed by atoms with Crippen LogP contribution in [0.4, 0.5) is 0 Å². The third kappa shape index (κ3) is 6.42. The van der Waals surface area contributed by atoms with Crippen LogP contribution < -0.4 is 10.2 Å². The van der Waals surface area contributed by atoms with Crippen molar-refractivity contribution < 1.29 is 19.4 Å². The molecule has 6 nitrogen and oxygen atoms in total. The minimum Gasteiger partial charge on any atom is -0.494 e. The smallest absolute Gasteiger partial charge is 0.303 e. The molecule has 0 atom stereocenters.